The van der Waals surface area contributed by atoms with Gasteiger partial charge in [-0.3, -0.25) is 0 Å². The third kappa shape index (κ3) is 4.61. The molecule has 1 heterocycles. The van der Waals surface area contributed by atoms with E-state index in [0.717, 1.165) is 6.54 Å². The summed E-state index contributed by atoms with van der Waals surface area (Å²) in [5.74, 6) is -0.276. The third-order valence-corrected chi connectivity index (χ3v) is 10.4. The molecule has 0 amide bonds. The fraction of sp³-hybridized carbons (Fsp3) is 0.417. The van der Waals surface area contributed by atoms with Crippen molar-refractivity contribution in [1.82, 2.24) is 0 Å². The molecule has 1 aromatic heterocycles. The van der Waals surface area contributed by atoms with Crippen molar-refractivity contribution in [2.24, 2.45) is 0 Å². The molecular formula is C12H12I3NO3S2. The third-order valence-electron chi connectivity index (χ3n) is 3.04. The lowest BCUT2D eigenvalue weighted by Gasteiger charge is -2.05. The Kier molecular flexibility index (Phi) is 6.54. The Morgan fingerprint density at radius 2 is 1.90 bits per heavy atom. The minimum atomic E-state index is -4.10. The number of benzene rings is 1. The average molecular weight is 663 g/mol. The minimum Gasteiger partial charge on any atom is -0.748 e. The quantitative estimate of drug-likeness (QED) is 0.162. The van der Waals surface area contributed by atoms with Crippen LogP contribution < -0.4 is 4.57 Å². The van der Waals surface area contributed by atoms with Crippen LogP contribution in [-0.4, -0.2) is 18.7 Å². The molecule has 1 aromatic carbocycles. The molecule has 0 aliphatic rings. The summed E-state index contributed by atoms with van der Waals surface area (Å²) >= 11 is 8.84. The number of hydrogen-bond acceptors (Lipinski definition) is 4. The van der Waals surface area contributed by atoms with Gasteiger partial charge in [-0.15, -0.1) is 0 Å². The van der Waals surface area contributed by atoms with Crippen LogP contribution in [0, 0.1) is 17.6 Å². The maximum absolute atomic E-state index is 10.6. The normalized spacial score (nSPS) is 12.2. The lowest BCUT2D eigenvalue weighted by molar-refractivity contribution is -0.673. The van der Waals surface area contributed by atoms with Crippen molar-refractivity contribution in [2.45, 2.75) is 26.3 Å². The number of rotatable bonds is 5. The minimum absolute atomic E-state index is 0.276. The number of nitrogens with zero attached hydrogens (tertiary/aromatic N) is 1. The van der Waals surface area contributed by atoms with Crippen molar-refractivity contribution in [3.05, 3.63) is 21.8 Å². The van der Waals surface area contributed by atoms with Crippen LogP contribution in [0.4, 0.5) is 0 Å². The number of thiazole rings is 1. The summed E-state index contributed by atoms with van der Waals surface area (Å²) in [6.45, 7) is 2.82. The van der Waals surface area contributed by atoms with Crippen molar-refractivity contribution in [3.63, 3.8) is 0 Å². The first-order chi connectivity index (χ1) is 9.70. The Morgan fingerprint density at radius 1 is 1.24 bits per heavy atom. The summed E-state index contributed by atoms with van der Waals surface area (Å²) in [5, 5.41) is 1.20. The molecule has 0 atom stereocenters. The first-order valence-electron chi connectivity index (χ1n) is 6.10. The van der Waals surface area contributed by atoms with Gasteiger partial charge in [-0.05, 0) is 74.2 Å². The van der Waals surface area contributed by atoms with Crippen molar-refractivity contribution >= 4 is 99.4 Å². The second kappa shape index (κ2) is 7.40. The maximum Gasteiger partial charge on any atom is 0.235 e. The first kappa shape index (κ1) is 18.5. The van der Waals surface area contributed by atoms with E-state index in [1.807, 2.05) is 0 Å². The Balaban J connectivity index is 2.26. The number of fused-ring (bicyclic) bond motifs is 1. The average Bonchev–Trinajstić information content (AvgIpc) is 2.68. The van der Waals surface area contributed by atoms with E-state index in [1.165, 1.54) is 25.9 Å². The second-order valence-electron chi connectivity index (χ2n) is 4.58. The van der Waals surface area contributed by atoms with Crippen molar-refractivity contribution in [1.29, 1.82) is 0 Å². The molecule has 0 radical (unpaired) electrons. The van der Waals surface area contributed by atoms with E-state index < -0.39 is 10.1 Å². The highest BCUT2D eigenvalue weighted by Crippen LogP contribution is 2.32. The van der Waals surface area contributed by atoms with Gasteiger partial charge in [-0.25, -0.2) is 8.42 Å². The van der Waals surface area contributed by atoms with Gasteiger partial charge in [0.1, 0.15) is 11.2 Å². The predicted molar refractivity (Wildman–Crippen MR) is 109 cm³/mol. The van der Waals surface area contributed by atoms with Crippen LogP contribution in [0.3, 0.4) is 0 Å². The van der Waals surface area contributed by atoms with Crippen molar-refractivity contribution in [2.75, 3.05) is 5.75 Å². The van der Waals surface area contributed by atoms with Crippen molar-refractivity contribution < 1.29 is 17.5 Å². The summed E-state index contributed by atoms with van der Waals surface area (Å²) in [6.07, 6.45) is 1.10. The topological polar surface area (TPSA) is 61.1 Å². The molecule has 0 spiro atoms. The van der Waals surface area contributed by atoms with Crippen molar-refractivity contribution in [3.8, 4) is 0 Å². The Hall–Kier alpha value is 1.21. The SMILES string of the molecule is Cc1sc2c(I)c(I)c(I)cc2[n+]1CCCCS(=O)(=O)[O-]. The first-order valence-corrected chi connectivity index (χ1v) is 11.7. The molecule has 9 heteroatoms. The number of unbranched alkanes of at least 4 members (excludes halogenated alkanes) is 1. The van der Waals surface area contributed by atoms with Crippen LogP contribution >= 0.6 is 79.1 Å². The van der Waals surface area contributed by atoms with Gasteiger partial charge in [-0.2, -0.15) is 4.57 Å². The lowest BCUT2D eigenvalue weighted by Crippen LogP contribution is -2.35. The van der Waals surface area contributed by atoms with Crippen LogP contribution in [0.5, 0.6) is 0 Å². The van der Waals surface area contributed by atoms with E-state index in [1.54, 1.807) is 11.3 Å². The van der Waals surface area contributed by atoms with E-state index in [0.29, 0.717) is 12.8 Å². The highest BCUT2D eigenvalue weighted by Gasteiger charge is 2.21. The van der Waals surface area contributed by atoms with E-state index in [-0.39, 0.29) is 5.75 Å². The molecule has 0 bridgehead atoms. The highest BCUT2D eigenvalue weighted by molar-refractivity contribution is 14.1. The van der Waals surface area contributed by atoms with Gasteiger partial charge in [0.2, 0.25) is 10.5 Å². The zero-order valence-electron chi connectivity index (χ0n) is 11.0. The molecule has 2 aromatic rings. The summed E-state index contributed by atoms with van der Waals surface area (Å²) < 4.78 is 39.2. The number of hydrogen-bond donors (Lipinski definition) is 0. The van der Waals surface area contributed by atoms with E-state index >= 15 is 0 Å². The molecule has 0 unspecified atom stereocenters. The molecule has 0 N–H and O–H groups in total. The van der Waals surface area contributed by atoms with Crippen LogP contribution in [0.15, 0.2) is 6.07 Å². The number of halogens is 3. The van der Waals surface area contributed by atoms with E-state index in [9.17, 15) is 13.0 Å². The fourth-order valence-corrected chi connectivity index (χ4v) is 6.27. The molecular weight excluding hydrogens is 651 g/mol. The zero-order chi connectivity index (χ0) is 15.8. The Morgan fingerprint density at radius 3 is 2.52 bits per heavy atom. The second-order valence-corrected chi connectivity index (χ2v) is 10.6. The summed E-state index contributed by atoms with van der Waals surface area (Å²) in [5.41, 5.74) is 1.19. The van der Waals surface area contributed by atoms with Crippen LogP contribution in [0.2, 0.25) is 0 Å². The van der Waals surface area contributed by atoms with Gasteiger partial charge >= 0.3 is 0 Å². The van der Waals surface area contributed by atoms with Gasteiger partial charge < -0.3 is 4.55 Å². The Labute approximate surface area is 168 Å². The largest absolute Gasteiger partial charge is 0.748 e. The van der Waals surface area contributed by atoms with Crippen LogP contribution in [-0.2, 0) is 16.7 Å². The van der Waals surface area contributed by atoms with E-state index in [2.05, 4.69) is 85.3 Å². The molecule has 2 rings (SSSR count). The molecule has 116 valence electrons. The monoisotopic (exact) mass is 663 g/mol. The fourth-order valence-electron chi connectivity index (χ4n) is 2.06. The number of aryl methyl sites for hydroxylation is 2. The number of aromatic nitrogens is 1. The smallest absolute Gasteiger partial charge is 0.235 e. The molecule has 4 nitrogen and oxygen atoms in total. The van der Waals surface area contributed by atoms with Gasteiger partial charge in [0.15, 0.2) is 0 Å². The van der Waals surface area contributed by atoms with Gasteiger partial charge in [-0.1, -0.05) is 11.3 Å². The molecule has 0 aliphatic carbocycles. The standard InChI is InChI=1S/C12H12I3NO3S2/c1-7-16(4-2-3-5-21(17,18)19)9-6-8(13)10(14)11(15)12(9)20-7/h6H,2-5H2,1H3. The van der Waals surface area contributed by atoms with Gasteiger partial charge in [0, 0.05) is 32.3 Å². The van der Waals surface area contributed by atoms with Gasteiger partial charge in [0.05, 0.1) is 13.7 Å². The van der Waals surface area contributed by atoms with Gasteiger partial charge in [0.25, 0.3) is 0 Å². The van der Waals surface area contributed by atoms with Crippen LogP contribution in [0.25, 0.3) is 10.2 Å². The van der Waals surface area contributed by atoms with Crippen LogP contribution in [0.1, 0.15) is 17.8 Å². The lowest BCUT2D eigenvalue weighted by atomic mass is 10.3. The molecule has 0 saturated heterocycles. The van der Waals surface area contributed by atoms with E-state index in [4.69, 9.17) is 0 Å². The molecule has 0 fully saturated rings. The Bertz CT molecular complexity index is 787. The summed E-state index contributed by atoms with van der Waals surface area (Å²) in [6, 6.07) is 2.17. The summed E-state index contributed by atoms with van der Waals surface area (Å²) in [4.78, 5) is 0. The molecule has 21 heavy (non-hydrogen) atoms. The zero-order valence-corrected chi connectivity index (χ0v) is 19.1. The molecule has 0 saturated carbocycles. The highest BCUT2D eigenvalue weighted by atomic mass is 127. The maximum atomic E-state index is 10.6. The summed E-state index contributed by atoms with van der Waals surface area (Å²) in [7, 11) is -4.10. The predicted octanol–water partition coefficient (Wildman–Crippen LogP) is 3.64. The molecule has 0 aliphatic heterocycles.